The number of para-hydroxylation sites is 1. The maximum atomic E-state index is 12.5. The third-order valence-corrected chi connectivity index (χ3v) is 4.19. The minimum Gasteiger partial charge on any atom is -0.493 e. The molecule has 0 aliphatic heterocycles. The molecule has 2 rings (SSSR count). The van der Waals surface area contributed by atoms with E-state index in [4.69, 9.17) is 14.2 Å². The molecule has 6 heteroatoms. The van der Waals surface area contributed by atoms with Gasteiger partial charge in [0.25, 0.3) is 5.91 Å². The Hall–Kier alpha value is -3.02. The first kappa shape index (κ1) is 21.3. The van der Waals surface area contributed by atoms with Crippen molar-refractivity contribution in [3.63, 3.8) is 0 Å². The lowest BCUT2D eigenvalue weighted by Crippen LogP contribution is -2.30. The molecule has 2 aromatic rings. The topological polar surface area (TPSA) is 73.9 Å². The number of esters is 1. The van der Waals surface area contributed by atoms with E-state index in [0.29, 0.717) is 23.8 Å². The molecule has 1 atom stereocenters. The Bertz CT molecular complexity index is 831. The molecule has 2 aromatic carbocycles. The van der Waals surface area contributed by atoms with Crippen LogP contribution in [0.25, 0.3) is 0 Å². The van der Waals surface area contributed by atoms with E-state index >= 15 is 0 Å². The molecular formula is C22H27NO5. The summed E-state index contributed by atoms with van der Waals surface area (Å²) < 4.78 is 16.0. The van der Waals surface area contributed by atoms with Crippen molar-refractivity contribution in [2.45, 2.75) is 39.7 Å². The van der Waals surface area contributed by atoms with Crippen molar-refractivity contribution < 1.29 is 23.8 Å². The fourth-order valence-electron chi connectivity index (χ4n) is 2.70. The summed E-state index contributed by atoms with van der Waals surface area (Å²) in [4.78, 5) is 24.9. The number of rotatable bonds is 8. The number of anilines is 1. The number of hydrogen-bond acceptors (Lipinski definition) is 5. The van der Waals surface area contributed by atoms with Gasteiger partial charge in [0.15, 0.2) is 17.6 Å². The molecule has 0 aliphatic carbocycles. The maximum absolute atomic E-state index is 12.5. The first-order valence-electron chi connectivity index (χ1n) is 9.29. The number of benzene rings is 2. The van der Waals surface area contributed by atoms with Gasteiger partial charge in [0, 0.05) is 5.69 Å². The summed E-state index contributed by atoms with van der Waals surface area (Å²) in [5.74, 6) is 0.228. The number of amides is 1. The maximum Gasteiger partial charge on any atom is 0.339 e. The number of ether oxygens (including phenoxy) is 3. The van der Waals surface area contributed by atoms with E-state index < -0.39 is 12.1 Å². The van der Waals surface area contributed by atoms with Gasteiger partial charge in [-0.15, -0.1) is 0 Å². The van der Waals surface area contributed by atoms with Crippen LogP contribution in [-0.4, -0.2) is 31.7 Å². The highest BCUT2D eigenvalue weighted by atomic mass is 16.5. The van der Waals surface area contributed by atoms with Crippen LogP contribution >= 0.6 is 0 Å². The molecule has 0 spiro atoms. The Balaban J connectivity index is 2.08. The highest BCUT2D eigenvalue weighted by molar-refractivity contribution is 5.98. The van der Waals surface area contributed by atoms with Crippen LogP contribution in [0.3, 0.4) is 0 Å². The van der Waals surface area contributed by atoms with Gasteiger partial charge in [0.1, 0.15) is 0 Å². The van der Waals surface area contributed by atoms with Gasteiger partial charge in [0.05, 0.1) is 19.3 Å². The molecule has 0 radical (unpaired) electrons. The first-order chi connectivity index (χ1) is 13.4. The molecule has 28 heavy (non-hydrogen) atoms. The second kappa shape index (κ2) is 9.78. The van der Waals surface area contributed by atoms with Gasteiger partial charge < -0.3 is 19.5 Å². The normalized spacial score (nSPS) is 11.6. The average Bonchev–Trinajstić information content (AvgIpc) is 2.68. The Morgan fingerprint density at radius 3 is 2.39 bits per heavy atom. The van der Waals surface area contributed by atoms with E-state index in [1.54, 1.807) is 18.2 Å². The van der Waals surface area contributed by atoms with E-state index in [1.165, 1.54) is 14.0 Å². The molecule has 150 valence electrons. The van der Waals surface area contributed by atoms with Gasteiger partial charge in [-0.2, -0.15) is 0 Å². The molecule has 0 aromatic heterocycles. The summed E-state index contributed by atoms with van der Waals surface area (Å²) in [5, 5.41) is 2.84. The van der Waals surface area contributed by atoms with E-state index in [1.807, 2.05) is 45.0 Å². The van der Waals surface area contributed by atoms with Crippen LogP contribution in [0.5, 0.6) is 11.5 Å². The molecule has 1 N–H and O–H groups in total. The summed E-state index contributed by atoms with van der Waals surface area (Å²) in [5.41, 5.74) is 2.02. The summed E-state index contributed by atoms with van der Waals surface area (Å²) in [6.45, 7) is 7.91. The number of hydrogen-bond donors (Lipinski definition) is 1. The number of carbonyl (C=O) groups is 2. The zero-order valence-electron chi connectivity index (χ0n) is 16.9. The largest absolute Gasteiger partial charge is 0.493 e. The molecular weight excluding hydrogens is 358 g/mol. The SMILES string of the molecule is CCOc1cc(C(=O)O[C@H](C)C(=O)Nc2ccccc2C(C)C)ccc1OC. The van der Waals surface area contributed by atoms with Crippen LogP contribution in [0.15, 0.2) is 42.5 Å². The van der Waals surface area contributed by atoms with Crippen molar-refractivity contribution in [2.75, 3.05) is 19.0 Å². The van der Waals surface area contributed by atoms with Gasteiger partial charge in [-0.1, -0.05) is 32.0 Å². The van der Waals surface area contributed by atoms with Gasteiger partial charge in [0.2, 0.25) is 0 Å². The summed E-state index contributed by atoms with van der Waals surface area (Å²) >= 11 is 0. The van der Waals surface area contributed by atoms with Crippen LogP contribution in [0, 0.1) is 0 Å². The second-order valence-corrected chi connectivity index (χ2v) is 6.58. The molecule has 0 unspecified atom stereocenters. The minimum atomic E-state index is -0.953. The number of carbonyl (C=O) groups excluding carboxylic acids is 2. The van der Waals surface area contributed by atoms with E-state index in [2.05, 4.69) is 5.32 Å². The smallest absolute Gasteiger partial charge is 0.339 e. The third-order valence-electron chi connectivity index (χ3n) is 4.19. The van der Waals surface area contributed by atoms with E-state index in [9.17, 15) is 9.59 Å². The molecule has 0 saturated carbocycles. The van der Waals surface area contributed by atoms with Crippen molar-refractivity contribution in [1.82, 2.24) is 0 Å². The Labute approximate surface area is 165 Å². The second-order valence-electron chi connectivity index (χ2n) is 6.58. The monoisotopic (exact) mass is 385 g/mol. The third kappa shape index (κ3) is 5.25. The Kier molecular flexibility index (Phi) is 7.44. The van der Waals surface area contributed by atoms with E-state index in [-0.39, 0.29) is 17.4 Å². The molecule has 0 saturated heterocycles. The van der Waals surface area contributed by atoms with Crippen molar-refractivity contribution >= 4 is 17.6 Å². The number of methoxy groups -OCH3 is 1. The Morgan fingerprint density at radius 1 is 1.04 bits per heavy atom. The van der Waals surface area contributed by atoms with Gasteiger partial charge >= 0.3 is 5.97 Å². The van der Waals surface area contributed by atoms with Crippen LogP contribution in [0.1, 0.15) is 49.5 Å². The molecule has 1 amide bonds. The van der Waals surface area contributed by atoms with Crippen LogP contribution in [-0.2, 0) is 9.53 Å². The van der Waals surface area contributed by atoms with Crippen molar-refractivity contribution in [3.8, 4) is 11.5 Å². The van der Waals surface area contributed by atoms with Gasteiger partial charge in [-0.25, -0.2) is 4.79 Å². The lowest BCUT2D eigenvalue weighted by molar-refractivity contribution is -0.123. The molecule has 0 bridgehead atoms. The molecule has 0 aliphatic rings. The highest BCUT2D eigenvalue weighted by Crippen LogP contribution is 2.28. The van der Waals surface area contributed by atoms with Crippen molar-refractivity contribution in [2.24, 2.45) is 0 Å². The molecule has 6 nitrogen and oxygen atoms in total. The fourth-order valence-corrected chi connectivity index (χ4v) is 2.70. The number of nitrogens with one attached hydrogen (secondary N) is 1. The van der Waals surface area contributed by atoms with Gasteiger partial charge in [-0.3, -0.25) is 4.79 Å². The quantitative estimate of drug-likeness (QED) is 0.682. The van der Waals surface area contributed by atoms with Crippen molar-refractivity contribution in [1.29, 1.82) is 0 Å². The standard InChI is InChI=1S/C22H27NO5/c1-6-27-20-13-16(11-12-19(20)26-5)22(25)28-15(4)21(24)23-18-10-8-7-9-17(18)14(2)3/h7-15H,6H2,1-5H3,(H,23,24)/t15-/m1/s1. The lowest BCUT2D eigenvalue weighted by atomic mass is 10.0. The predicted molar refractivity (Wildman–Crippen MR) is 108 cm³/mol. The van der Waals surface area contributed by atoms with Crippen LogP contribution in [0.2, 0.25) is 0 Å². The first-order valence-corrected chi connectivity index (χ1v) is 9.29. The molecule has 0 fully saturated rings. The minimum absolute atomic E-state index is 0.255. The molecule has 0 heterocycles. The average molecular weight is 385 g/mol. The summed E-state index contributed by atoms with van der Waals surface area (Å²) in [7, 11) is 1.53. The Morgan fingerprint density at radius 2 is 1.75 bits per heavy atom. The van der Waals surface area contributed by atoms with Crippen LogP contribution in [0.4, 0.5) is 5.69 Å². The van der Waals surface area contributed by atoms with Crippen molar-refractivity contribution in [3.05, 3.63) is 53.6 Å². The zero-order valence-corrected chi connectivity index (χ0v) is 16.9. The van der Waals surface area contributed by atoms with E-state index in [0.717, 1.165) is 5.56 Å². The fraction of sp³-hybridized carbons (Fsp3) is 0.364. The van der Waals surface area contributed by atoms with Gasteiger partial charge in [-0.05, 0) is 49.6 Å². The van der Waals surface area contributed by atoms with Crippen LogP contribution < -0.4 is 14.8 Å². The predicted octanol–water partition coefficient (Wildman–Crippen LogP) is 4.40. The lowest BCUT2D eigenvalue weighted by Gasteiger charge is -2.17. The summed E-state index contributed by atoms with van der Waals surface area (Å²) in [6.07, 6.45) is -0.953. The summed E-state index contributed by atoms with van der Waals surface area (Å²) in [6, 6.07) is 12.3. The highest BCUT2D eigenvalue weighted by Gasteiger charge is 2.21. The zero-order chi connectivity index (χ0) is 20.7.